The Kier molecular flexibility index (Phi) is 17.0. The van der Waals surface area contributed by atoms with E-state index in [0.717, 1.165) is 25.0 Å². The average molecular weight is 295 g/mol. The van der Waals surface area contributed by atoms with E-state index in [-0.39, 0.29) is 0 Å². The molecule has 0 aliphatic heterocycles. The van der Waals surface area contributed by atoms with Crippen LogP contribution in [-0.4, -0.2) is 6.29 Å². The number of unbranched alkanes of at least 4 members (excludes halogenated alkanes) is 9. The molecule has 0 aromatic rings. The molecule has 0 amide bonds. The monoisotopic (exact) mass is 294 g/mol. The van der Waals surface area contributed by atoms with Crippen LogP contribution in [0.3, 0.4) is 0 Å². The molecule has 0 unspecified atom stereocenters. The minimum absolute atomic E-state index is 0.746. The molecule has 0 saturated carbocycles. The van der Waals surface area contributed by atoms with Gasteiger partial charge in [0.2, 0.25) is 0 Å². The quantitative estimate of drug-likeness (QED) is 0.173. The van der Waals surface area contributed by atoms with Gasteiger partial charge in [0.1, 0.15) is 6.29 Å². The van der Waals surface area contributed by atoms with Crippen LogP contribution in [0, 0.1) is 5.92 Å². The summed E-state index contributed by atoms with van der Waals surface area (Å²) in [5.74, 6) is 0.833. The van der Waals surface area contributed by atoms with Crippen LogP contribution in [0.15, 0.2) is 12.2 Å². The zero-order chi connectivity index (χ0) is 15.6. The first-order chi connectivity index (χ1) is 10.3. The lowest BCUT2D eigenvalue weighted by atomic mass is 9.97. The number of rotatable bonds is 16. The van der Waals surface area contributed by atoms with Gasteiger partial charge in [0.05, 0.1) is 0 Å². The highest BCUT2D eigenvalue weighted by molar-refractivity contribution is 5.48. The third kappa shape index (κ3) is 17.4. The van der Waals surface area contributed by atoms with Gasteiger partial charge in [-0.2, -0.15) is 0 Å². The Morgan fingerprint density at radius 1 is 0.714 bits per heavy atom. The van der Waals surface area contributed by atoms with E-state index >= 15 is 0 Å². The number of hydrogen-bond acceptors (Lipinski definition) is 1. The number of carbonyl (C=O) groups is 1. The molecule has 1 atom stereocenters. The highest BCUT2D eigenvalue weighted by atomic mass is 16.1. The van der Waals surface area contributed by atoms with Gasteiger partial charge in [0.15, 0.2) is 0 Å². The number of aldehydes is 1. The Labute approximate surface area is 133 Å². The Morgan fingerprint density at radius 2 is 1.33 bits per heavy atom. The summed E-state index contributed by atoms with van der Waals surface area (Å²) in [5, 5.41) is 0. The molecule has 124 valence electrons. The molecule has 1 heteroatoms. The first kappa shape index (κ1) is 20.4. The van der Waals surface area contributed by atoms with Crippen molar-refractivity contribution >= 4 is 6.29 Å². The third-order valence-electron chi connectivity index (χ3n) is 4.24. The highest BCUT2D eigenvalue weighted by Crippen LogP contribution is 2.16. The second kappa shape index (κ2) is 17.5. The van der Waals surface area contributed by atoms with Crippen LogP contribution in [-0.2, 0) is 4.79 Å². The van der Waals surface area contributed by atoms with Crippen LogP contribution in [0.25, 0.3) is 0 Å². The van der Waals surface area contributed by atoms with Gasteiger partial charge in [-0.05, 0) is 38.0 Å². The minimum atomic E-state index is 0.746. The molecule has 0 rings (SSSR count). The van der Waals surface area contributed by atoms with Gasteiger partial charge in [0.25, 0.3) is 0 Å². The van der Waals surface area contributed by atoms with E-state index in [1.54, 1.807) is 0 Å². The fraction of sp³-hybridized carbons (Fsp3) is 0.850. The maximum absolute atomic E-state index is 10.2. The fourth-order valence-corrected chi connectivity index (χ4v) is 2.70. The molecule has 0 fully saturated rings. The minimum Gasteiger partial charge on any atom is -0.303 e. The highest BCUT2D eigenvalue weighted by Gasteiger charge is 2.00. The van der Waals surface area contributed by atoms with Crippen molar-refractivity contribution in [3.8, 4) is 0 Å². The SMILES string of the molecule is CCCCCCCC/C=C/CC[C@@H](C)CCCCCC=O. The largest absolute Gasteiger partial charge is 0.303 e. The summed E-state index contributed by atoms with van der Waals surface area (Å²) >= 11 is 0. The molecule has 0 aromatic heterocycles. The number of allylic oxidation sites excluding steroid dienone is 2. The summed E-state index contributed by atoms with van der Waals surface area (Å²) < 4.78 is 0. The van der Waals surface area contributed by atoms with Crippen molar-refractivity contribution in [2.75, 3.05) is 0 Å². The van der Waals surface area contributed by atoms with Gasteiger partial charge in [-0.3, -0.25) is 0 Å². The van der Waals surface area contributed by atoms with Gasteiger partial charge in [0, 0.05) is 6.42 Å². The van der Waals surface area contributed by atoms with Gasteiger partial charge in [-0.15, -0.1) is 0 Å². The first-order valence-corrected chi connectivity index (χ1v) is 9.39. The third-order valence-corrected chi connectivity index (χ3v) is 4.24. The normalized spacial score (nSPS) is 12.9. The predicted octanol–water partition coefficient (Wildman–Crippen LogP) is 6.86. The van der Waals surface area contributed by atoms with Crippen molar-refractivity contribution in [3.63, 3.8) is 0 Å². The van der Waals surface area contributed by atoms with E-state index in [1.165, 1.54) is 77.0 Å². The van der Waals surface area contributed by atoms with Crippen molar-refractivity contribution < 1.29 is 4.79 Å². The van der Waals surface area contributed by atoms with E-state index in [4.69, 9.17) is 0 Å². The van der Waals surface area contributed by atoms with E-state index in [9.17, 15) is 4.79 Å². The van der Waals surface area contributed by atoms with E-state index in [2.05, 4.69) is 26.0 Å². The molecule has 1 nitrogen and oxygen atoms in total. The van der Waals surface area contributed by atoms with Crippen LogP contribution in [0.5, 0.6) is 0 Å². The molecule has 0 spiro atoms. The fourth-order valence-electron chi connectivity index (χ4n) is 2.70. The Balaban J connectivity index is 3.24. The predicted molar refractivity (Wildman–Crippen MR) is 94.7 cm³/mol. The first-order valence-electron chi connectivity index (χ1n) is 9.39. The lowest BCUT2D eigenvalue weighted by molar-refractivity contribution is -0.107. The summed E-state index contributed by atoms with van der Waals surface area (Å²) in [4.78, 5) is 10.2. The molecule has 21 heavy (non-hydrogen) atoms. The van der Waals surface area contributed by atoms with Crippen LogP contribution >= 0.6 is 0 Å². The van der Waals surface area contributed by atoms with E-state index in [0.29, 0.717) is 0 Å². The number of carbonyl (C=O) groups excluding carboxylic acids is 1. The Bertz CT molecular complexity index is 232. The van der Waals surface area contributed by atoms with E-state index < -0.39 is 0 Å². The lowest BCUT2D eigenvalue weighted by Crippen LogP contribution is -1.94. The van der Waals surface area contributed by atoms with Crippen LogP contribution in [0.4, 0.5) is 0 Å². The molecule has 0 aliphatic carbocycles. The summed E-state index contributed by atoms with van der Waals surface area (Å²) in [6.45, 7) is 4.64. The van der Waals surface area contributed by atoms with Crippen LogP contribution in [0.1, 0.15) is 104 Å². The van der Waals surface area contributed by atoms with Gasteiger partial charge in [-0.25, -0.2) is 0 Å². The molecule has 0 aromatic carbocycles. The molecule has 0 heterocycles. The average Bonchev–Trinajstić information content (AvgIpc) is 2.49. The topological polar surface area (TPSA) is 17.1 Å². The molecule has 0 N–H and O–H groups in total. The molecule has 0 aliphatic rings. The Morgan fingerprint density at radius 3 is 2.10 bits per heavy atom. The summed E-state index contributed by atoms with van der Waals surface area (Å²) in [5.41, 5.74) is 0. The van der Waals surface area contributed by atoms with Crippen molar-refractivity contribution in [2.24, 2.45) is 5.92 Å². The van der Waals surface area contributed by atoms with Crippen molar-refractivity contribution in [2.45, 2.75) is 104 Å². The molecule has 0 radical (unpaired) electrons. The Hall–Kier alpha value is -0.590. The zero-order valence-corrected chi connectivity index (χ0v) is 14.6. The van der Waals surface area contributed by atoms with Gasteiger partial charge in [-0.1, -0.05) is 77.4 Å². The maximum atomic E-state index is 10.2. The molecule has 0 bridgehead atoms. The van der Waals surface area contributed by atoms with Crippen molar-refractivity contribution in [3.05, 3.63) is 12.2 Å². The van der Waals surface area contributed by atoms with Crippen molar-refractivity contribution in [1.29, 1.82) is 0 Å². The maximum Gasteiger partial charge on any atom is 0.119 e. The van der Waals surface area contributed by atoms with Crippen molar-refractivity contribution in [1.82, 2.24) is 0 Å². The van der Waals surface area contributed by atoms with Crippen LogP contribution < -0.4 is 0 Å². The summed E-state index contributed by atoms with van der Waals surface area (Å²) in [6.07, 6.45) is 23.7. The molecular formula is C20H38O. The lowest BCUT2D eigenvalue weighted by Gasteiger charge is -2.09. The summed E-state index contributed by atoms with van der Waals surface area (Å²) in [6, 6.07) is 0. The standard InChI is InChI=1S/C20H38O/c1-3-4-5-6-7-8-9-10-11-14-17-20(2)18-15-12-13-16-19-21/h10-11,19-20H,3-9,12-18H2,1-2H3/b11-10+/t20-/m1/s1. The van der Waals surface area contributed by atoms with Crippen LogP contribution in [0.2, 0.25) is 0 Å². The number of hydrogen-bond donors (Lipinski definition) is 0. The molecule has 0 saturated heterocycles. The summed E-state index contributed by atoms with van der Waals surface area (Å²) in [7, 11) is 0. The molecular weight excluding hydrogens is 256 g/mol. The van der Waals surface area contributed by atoms with Gasteiger partial charge < -0.3 is 4.79 Å². The van der Waals surface area contributed by atoms with Gasteiger partial charge >= 0.3 is 0 Å². The second-order valence-corrected chi connectivity index (χ2v) is 6.52. The van der Waals surface area contributed by atoms with E-state index in [1.807, 2.05) is 0 Å². The zero-order valence-electron chi connectivity index (χ0n) is 14.6. The smallest absolute Gasteiger partial charge is 0.119 e. The second-order valence-electron chi connectivity index (χ2n) is 6.52.